The van der Waals surface area contributed by atoms with Gasteiger partial charge in [0.15, 0.2) is 0 Å². The minimum absolute atomic E-state index is 0.160. The zero-order valence-corrected chi connectivity index (χ0v) is 9.75. The molecule has 2 heteroatoms. The van der Waals surface area contributed by atoms with Crippen LogP contribution in [-0.2, 0) is 4.79 Å². The third-order valence-corrected chi connectivity index (χ3v) is 3.03. The summed E-state index contributed by atoms with van der Waals surface area (Å²) in [5.74, 6) is 0.510. The van der Waals surface area contributed by atoms with E-state index in [1.807, 2.05) is 13.8 Å². The molecule has 0 aromatic carbocycles. The zero-order chi connectivity index (χ0) is 10.6. The third-order valence-electron chi connectivity index (χ3n) is 3.03. The molecule has 0 saturated carbocycles. The molecular formula is C12H23NO. The predicted molar refractivity (Wildman–Crippen MR) is 59.1 cm³/mol. The van der Waals surface area contributed by atoms with Crippen molar-refractivity contribution < 1.29 is 4.79 Å². The van der Waals surface area contributed by atoms with Crippen LogP contribution in [0.2, 0.25) is 0 Å². The molecule has 1 atom stereocenters. The van der Waals surface area contributed by atoms with Crippen molar-refractivity contribution in [1.29, 1.82) is 0 Å². The Morgan fingerprint density at radius 2 is 2.14 bits per heavy atom. The molecule has 0 bridgehead atoms. The number of rotatable bonds is 3. The van der Waals surface area contributed by atoms with Gasteiger partial charge in [0.05, 0.1) is 0 Å². The second kappa shape index (κ2) is 5.38. The molecule has 1 fully saturated rings. The molecule has 1 rings (SSSR count). The molecule has 1 aliphatic heterocycles. The lowest BCUT2D eigenvalue weighted by molar-refractivity contribution is -0.138. The normalized spacial score (nSPS) is 22.9. The molecule has 82 valence electrons. The maximum absolute atomic E-state index is 11.9. The van der Waals surface area contributed by atoms with Crippen molar-refractivity contribution in [3.05, 3.63) is 0 Å². The first-order valence-corrected chi connectivity index (χ1v) is 5.97. The van der Waals surface area contributed by atoms with Gasteiger partial charge in [-0.2, -0.15) is 0 Å². The zero-order valence-electron chi connectivity index (χ0n) is 9.75. The molecule has 14 heavy (non-hydrogen) atoms. The molecule has 0 radical (unpaired) electrons. The van der Waals surface area contributed by atoms with E-state index in [0.717, 1.165) is 6.54 Å². The highest BCUT2D eigenvalue weighted by atomic mass is 16.2. The SMILES string of the molecule is CCCC1CCCCN1C(=O)C(C)C. The van der Waals surface area contributed by atoms with Crippen molar-refractivity contribution in [3.8, 4) is 0 Å². The maximum atomic E-state index is 11.9. The average molecular weight is 197 g/mol. The topological polar surface area (TPSA) is 20.3 Å². The van der Waals surface area contributed by atoms with Gasteiger partial charge in [-0.25, -0.2) is 0 Å². The Morgan fingerprint density at radius 3 is 2.71 bits per heavy atom. The van der Waals surface area contributed by atoms with Crippen molar-refractivity contribution >= 4 is 5.91 Å². The molecule has 1 aliphatic rings. The van der Waals surface area contributed by atoms with Crippen molar-refractivity contribution in [2.45, 2.75) is 58.9 Å². The van der Waals surface area contributed by atoms with Crippen LogP contribution < -0.4 is 0 Å². The molecule has 1 unspecified atom stereocenters. The van der Waals surface area contributed by atoms with Gasteiger partial charge in [-0.1, -0.05) is 27.2 Å². The van der Waals surface area contributed by atoms with Gasteiger partial charge >= 0.3 is 0 Å². The number of amides is 1. The number of hydrogen-bond donors (Lipinski definition) is 0. The van der Waals surface area contributed by atoms with Crippen LogP contribution in [0.15, 0.2) is 0 Å². The summed E-state index contributed by atoms with van der Waals surface area (Å²) in [6.07, 6.45) is 6.07. The van der Waals surface area contributed by atoms with Gasteiger partial charge in [-0.05, 0) is 25.7 Å². The Kier molecular flexibility index (Phi) is 4.43. The Hall–Kier alpha value is -0.530. The monoisotopic (exact) mass is 197 g/mol. The van der Waals surface area contributed by atoms with Crippen LogP contribution in [0, 0.1) is 5.92 Å². The Morgan fingerprint density at radius 1 is 1.43 bits per heavy atom. The van der Waals surface area contributed by atoms with Crippen LogP contribution in [0.25, 0.3) is 0 Å². The third kappa shape index (κ3) is 2.73. The van der Waals surface area contributed by atoms with E-state index in [1.54, 1.807) is 0 Å². The fourth-order valence-corrected chi connectivity index (χ4v) is 2.26. The maximum Gasteiger partial charge on any atom is 0.225 e. The lowest BCUT2D eigenvalue weighted by Gasteiger charge is -2.36. The first-order valence-electron chi connectivity index (χ1n) is 5.97. The second-order valence-corrected chi connectivity index (χ2v) is 4.62. The smallest absolute Gasteiger partial charge is 0.225 e. The summed E-state index contributed by atoms with van der Waals surface area (Å²) in [4.78, 5) is 14.0. The molecule has 1 amide bonds. The van der Waals surface area contributed by atoms with Crippen LogP contribution >= 0.6 is 0 Å². The largest absolute Gasteiger partial charge is 0.339 e. The summed E-state index contributed by atoms with van der Waals surface area (Å²) in [7, 11) is 0. The Balaban J connectivity index is 2.57. The summed E-state index contributed by atoms with van der Waals surface area (Å²) in [6, 6.07) is 0.531. The lowest BCUT2D eigenvalue weighted by atomic mass is 9.97. The summed E-state index contributed by atoms with van der Waals surface area (Å²) in [5.41, 5.74) is 0. The number of carbonyl (C=O) groups is 1. The van der Waals surface area contributed by atoms with E-state index in [2.05, 4.69) is 11.8 Å². The lowest BCUT2D eigenvalue weighted by Crippen LogP contribution is -2.45. The van der Waals surface area contributed by atoms with E-state index >= 15 is 0 Å². The van der Waals surface area contributed by atoms with Gasteiger partial charge in [-0.15, -0.1) is 0 Å². The number of nitrogens with zero attached hydrogens (tertiary/aromatic N) is 1. The van der Waals surface area contributed by atoms with Crippen molar-refractivity contribution in [1.82, 2.24) is 4.90 Å². The van der Waals surface area contributed by atoms with Crippen LogP contribution in [0.5, 0.6) is 0 Å². The van der Waals surface area contributed by atoms with Gasteiger partial charge in [0.2, 0.25) is 5.91 Å². The van der Waals surface area contributed by atoms with Gasteiger partial charge < -0.3 is 4.90 Å². The summed E-state index contributed by atoms with van der Waals surface area (Å²) in [5, 5.41) is 0. The molecule has 2 nitrogen and oxygen atoms in total. The van der Waals surface area contributed by atoms with Gasteiger partial charge in [0.25, 0.3) is 0 Å². The highest BCUT2D eigenvalue weighted by Crippen LogP contribution is 2.22. The molecule has 0 aliphatic carbocycles. The summed E-state index contributed by atoms with van der Waals surface area (Å²) >= 11 is 0. The second-order valence-electron chi connectivity index (χ2n) is 4.62. The Labute approximate surface area is 87.7 Å². The standard InChI is InChI=1S/C12H23NO/c1-4-7-11-8-5-6-9-13(11)12(14)10(2)3/h10-11H,4-9H2,1-3H3. The van der Waals surface area contributed by atoms with Gasteiger partial charge in [-0.3, -0.25) is 4.79 Å². The van der Waals surface area contributed by atoms with E-state index in [-0.39, 0.29) is 5.92 Å². The first-order chi connectivity index (χ1) is 6.66. The molecule has 0 aromatic rings. The fourth-order valence-electron chi connectivity index (χ4n) is 2.26. The highest BCUT2D eigenvalue weighted by molar-refractivity contribution is 5.78. The van der Waals surface area contributed by atoms with E-state index < -0.39 is 0 Å². The van der Waals surface area contributed by atoms with E-state index in [0.29, 0.717) is 11.9 Å². The van der Waals surface area contributed by atoms with Crippen molar-refractivity contribution in [3.63, 3.8) is 0 Å². The van der Waals surface area contributed by atoms with Crippen molar-refractivity contribution in [2.75, 3.05) is 6.54 Å². The average Bonchev–Trinajstić information content (AvgIpc) is 2.18. The minimum atomic E-state index is 0.160. The molecular weight excluding hydrogens is 174 g/mol. The number of piperidine rings is 1. The van der Waals surface area contributed by atoms with E-state index in [4.69, 9.17) is 0 Å². The Bertz CT molecular complexity index is 187. The van der Waals surface area contributed by atoms with Crippen LogP contribution in [-0.4, -0.2) is 23.4 Å². The van der Waals surface area contributed by atoms with Crippen LogP contribution in [0.4, 0.5) is 0 Å². The molecule has 0 N–H and O–H groups in total. The number of hydrogen-bond acceptors (Lipinski definition) is 1. The molecule has 0 spiro atoms. The summed E-state index contributed by atoms with van der Waals surface area (Å²) < 4.78 is 0. The minimum Gasteiger partial charge on any atom is -0.339 e. The summed E-state index contributed by atoms with van der Waals surface area (Å²) in [6.45, 7) is 7.19. The van der Waals surface area contributed by atoms with Crippen LogP contribution in [0.3, 0.4) is 0 Å². The molecule has 0 aromatic heterocycles. The predicted octanol–water partition coefficient (Wildman–Crippen LogP) is 2.82. The fraction of sp³-hybridized carbons (Fsp3) is 0.917. The number of likely N-dealkylation sites (tertiary alicyclic amines) is 1. The van der Waals surface area contributed by atoms with Gasteiger partial charge in [0, 0.05) is 18.5 Å². The quantitative estimate of drug-likeness (QED) is 0.681. The van der Waals surface area contributed by atoms with E-state index in [1.165, 1.54) is 32.1 Å². The molecule has 1 heterocycles. The first kappa shape index (κ1) is 11.5. The van der Waals surface area contributed by atoms with Gasteiger partial charge in [0.1, 0.15) is 0 Å². The van der Waals surface area contributed by atoms with E-state index in [9.17, 15) is 4.79 Å². The van der Waals surface area contributed by atoms with Crippen LogP contribution in [0.1, 0.15) is 52.9 Å². The highest BCUT2D eigenvalue weighted by Gasteiger charge is 2.26. The number of carbonyl (C=O) groups excluding carboxylic acids is 1. The molecule has 1 saturated heterocycles. The van der Waals surface area contributed by atoms with Crippen molar-refractivity contribution in [2.24, 2.45) is 5.92 Å².